The Bertz CT molecular complexity index is 2040. The van der Waals surface area contributed by atoms with Gasteiger partial charge in [0.25, 0.3) is 0 Å². The van der Waals surface area contributed by atoms with E-state index in [0.29, 0.717) is 11.3 Å². The first-order valence-electron chi connectivity index (χ1n) is 26.5. The predicted octanol–water partition coefficient (Wildman–Crippen LogP) is 13.0. The molecule has 72 heavy (non-hydrogen) atoms. The van der Waals surface area contributed by atoms with Crippen LogP contribution in [0, 0.1) is 0 Å². The number of benzene rings is 1. The summed E-state index contributed by atoms with van der Waals surface area (Å²) in [6, 6.07) is 7.25. The molecule has 416 valence electrons. The van der Waals surface area contributed by atoms with Crippen molar-refractivity contribution in [1.29, 1.82) is 0 Å². The number of amides is 1. The lowest BCUT2D eigenvalue weighted by Crippen LogP contribution is -2.73. The predicted molar refractivity (Wildman–Crippen MR) is 310 cm³/mol. The number of aliphatic hydroxyl groups excluding tert-OH is 1. The number of rotatable bonds is 16. The Morgan fingerprint density at radius 3 is 1.44 bits per heavy atom. The zero-order chi connectivity index (χ0) is 54.7. The van der Waals surface area contributed by atoms with E-state index in [1.807, 2.05) is 43.3 Å². The average molecular weight is 1100 g/mol. The number of hydrogen-bond acceptors (Lipinski definition) is 10. The van der Waals surface area contributed by atoms with Crippen molar-refractivity contribution in [1.82, 2.24) is 5.32 Å². The monoisotopic (exact) mass is 1100 g/mol. The minimum atomic E-state index is -2.49. The number of aliphatic hydroxyl groups is 1. The first-order valence-corrected chi connectivity index (χ1v) is 41.2. The summed E-state index contributed by atoms with van der Waals surface area (Å²) < 4.78 is 56.5. The molecule has 2 aliphatic heterocycles. The fourth-order valence-electron chi connectivity index (χ4n) is 8.55. The Labute approximate surface area is 443 Å². The molecule has 3 fully saturated rings. The van der Waals surface area contributed by atoms with Crippen LogP contribution in [0.3, 0.4) is 0 Å². The highest BCUT2D eigenvalue weighted by Gasteiger charge is 2.62. The Hall–Kier alpha value is -1.31. The van der Waals surface area contributed by atoms with E-state index in [9.17, 15) is 9.90 Å². The molecule has 1 aromatic carbocycles. The van der Waals surface area contributed by atoms with Crippen LogP contribution < -0.4 is 10.1 Å². The molecule has 10 atom stereocenters. The molecule has 4 rings (SSSR count). The molecule has 1 aliphatic carbocycles. The second-order valence-electron chi connectivity index (χ2n) is 28.8. The van der Waals surface area contributed by atoms with Crippen LogP contribution in [-0.2, 0) is 36.7 Å². The first kappa shape index (κ1) is 65.0. The van der Waals surface area contributed by atoms with Crippen LogP contribution in [0.15, 0.2) is 41.5 Å². The number of carbonyl (C=O) groups is 1. The van der Waals surface area contributed by atoms with Gasteiger partial charge >= 0.3 is 0 Å². The molecule has 0 unspecified atom stereocenters. The lowest BCUT2D eigenvalue weighted by Gasteiger charge is -2.55. The third-order valence-electron chi connectivity index (χ3n) is 18.5. The van der Waals surface area contributed by atoms with Gasteiger partial charge in [-0.25, -0.2) is 0 Å². The van der Waals surface area contributed by atoms with Crippen molar-refractivity contribution in [2.24, 2.45) is 0 Å². The molecular weight excluding hydrogens is 991 g/mol. The van der Waals surface area contributed by atoms with Crippen molar-refractivity contribution in [2.45, 2.75) is 269 Å². The average Bonchev–Trinajstić information content (AvgIpc) is 3.81. The number of ether oxygens (including phenoxy) is 4. The van der Waals surface area contributed by atoms with Crippen molar-refractivity contribution in [3.05, 3.63) is 47.1 Å². The van der Waals surface area contributed by atoms with Gasteiger partial charge in [0.1, 0.15) is 37.0 Å². The van der Waals surface area contributed by atoms with Gasteiger partial charge < -0.3 is 52.6 Å². The second kappa shape index (κ2) is 22.6. The van der Waals surface area contributed by atoms with E-state index >= 15 is 0 Å². The second-order valence-corrected chi connectivity index (χ2v) is 53.5. The van der Waals surface area contributed by atoms with Gasteiger partial charge in [-0.2, -0.15) is 0 Å². The minimum Gasteiger partial charge on any atom is -0.462 e. The van der Waals surface area contributed by atoms with Crippen LogP contribution in [0.2, 0.25) is 96.2 Å². The summed E-state index contributed by atoms with van der Waals surface area (Å²) >= 11 is 0. The summed E-state index contributed by atoms with van der Waals surface area (Å²) in [4.78, 5) is 14.9. The Kier molecular flexibility index (Phi) is 20.4. The third kappa shape index (κ3) is 14.2. The van der Waals surface area contributed by atoms with E-state index in [1.54, 1.807) is 0 Å². The topological polar surface area (TPSA) is 155 Å². The minimum absolute atomic E-state index is 0. The maximum Gasteiger partial charge on any atom is 0.247 e. The Morgan fingerprint density at radius 1 is 0.625 bits per heavy atom. The molecule has 17 heteroatoms. The Morgan fingerprint density at radius 2 is 1.03 bits per heavy atom. The molecule has 2 heterocycles. The van der Waals surface area contributed by atoms with E-state index in [0.717, 1.165) is 11.1 Å². The molecule has 0 aromatic heterocycles. The van der Waals surface area contributed by atoms with Crippen molar-refractivity contribution in [2.75, 3.05) is 13.4 Å². The summed E-state index contributed by atoms with van der Waals surface area (Å²) in [7, 11) is -11.8. The van der Waals surface area contributed by atoms with Gasteiger partial charge in [0.2, 0.25) is 12.2 Å². The first-order chi connectivity index (χ1) is 31.8. The van der Waals surface area contributed by atoms with Gasteiger partial charge in [0.05, 0.1) is 39.0 Å². The molecule has 0 radical (unpaired) electrons. The maximum absolute atomic E-state index is 14.9. The fourth-order valence-corrected chi connectivity index (χ4v) is 17.1. The van der Waals surface area contributed by atoms with Gasteiger partial charge in [-0.3, -0.25) is 4.79 Å². The highest BCUT2D eigenvalue weighted by molar-refractivity contribution is 6.82. The van der Waals surface area contributed by atoms with Crippen LogP contribution >= 0.6 is 0 Å². The molecule has 0 spiro atoms. The van der Waals surface area contributed by atoms with E-state index < -0.39 is 84.2 Å². The van der Waals surface area contributed by atoms with Gasteiger partial charge in [0.15, 0.2) is 33.3 Å². The van der Waals surface area contributed by atoms with E-state index in [-0.39, 0.29) is 67.7 Å². The van der Waals surface area contributed by atoms with Crippen LogP contribution in [0.25, 0.3) is 6.08 Å². The van der Waals surface area contributed by atoms with Crippen LogP contribution in [0.5, 0.6) is 5.75 Å². The lowest BCUT2D eigenvalue weighted by molar-refractivity contribution is -0.144. The molecule has 1 aromatic rings. The van der Waals surface area contributed by atoms with Gasteiger partial charge in [-0.1, -0.05) is 135 Å². The maximum atomic E-state index is 14.9. The fraction of sp³-hybridized carbons (Fsp3) is 0.800. The largest absolute Gasteiger partial charge is 0.462 e. The summed E-state index contributed by atoms with van der Waals surface area (Å²) in [5, 5.41) is 13.2. The summed E-state index contributed by atoms with van der Waals surface area (Å²) in [6.07, 6.45) is 0.00146. The standard InChI is InChI=1S/C55H103NO10Si5.H2O/c1-36(32-33-57)41-48(67(18,19)51(3,4)5)47(66-71(26,27)55(15,16)17)50(62-41)61-39-30-28-38(29-31-39)34-37(2)49(58)56-40-42(63-68(20,21)52(6,7)8)44-45(60-35-59-44)46(65-70(24,25)54(12,13)14)43(40)64-69(22,23)53(9,10)11;/h28-32,34,40-48,50,57H,33,35H2,1-27H3,(H,56,58);1H2/b36-32+,37-34+;/t40-,41+,42+,43-,44-,45-,46+,47-,48+,50+;/m0./s1. The van der Waals surface area contributed by atoms with Gasteiger partial charge in [-0.15, -0.1) is 0 Å². The highest BCUT2D eigenvalue weighted by Crippen LogP contribution is 2.55. The van der Waals surface area contributed by atoms with Crippen LogP contribution in [-0.4, -0.2) is 126 Å². The third-order valence-corrected chi connectivity index (χ3v) is 42.6. The molecular formula is C55H105NO11Si5. The molecule has 3 aliphatic rings. The van der Waals surface area contributed by atoms with Crippen LogP contribution in [0.4, 0.5) is 0 Å². The molecule has 4 N–H and O–H groups in total. The van der Waals surface area contributed by atoms with E-state index in [2.05, 4.69) is 182 Å². The van der Waals surface area contributed by atoms with Gasteiger partial charge in [-0.05, 0) is 121 Å². The van der Waals surface area contributed by atoms with Crippen molar-refractivity contribution in [3.8, 4) is 5.75 Å². The normalized spacial score (nSPS) is 27.9. The summed E-state index contributed by atoms with van der Waals surface area (Å²) in [5.41, 5.74) is 2.46. The Balaban J connectivity index is 0.0000137. The summed E-state index contributed by atoms with van der Waals surface area (Å²) in [5.74, 6) is 0.432. The zero-order valence-corrected chi connectivity index (χ0v) is 55.3. The molecule has 2 saturated heterocycles. The van der Waals surface area contributed by atoms with Crippen LogP contribution in [0.1, 0.15) is 123 Å². The molecule has 1 amide bonds. The number of carbonyl (C=O) groups excluding carboxylic acids is 1. The number of nitrogens with one attached hydrogen (secondary N) is 1. The van der Waals surface area contributed by atoms with E-state index in [4.69, 9.17) is 36.7 Å². The van der Waals surface area contributed by atoms with Crippen molar-refractivity contribution < 1.29 is 52.0 Å². The van der Waals surface area contributed by atoms with E-state index in [1.165, 1.54) is 0 Å². The molecule has 1 saturated carbocycles. The summed E-state index contributed by atoms with van der Waals surface area (Å²) in [6.45, 7) is 60.9. The SMILES string of the molecule is C/C(=C\c1ccc(O[C@@H]2O[C@H](/C(C)=C/CO)[C@@H]([Si](C)(C)C(C)(C)C)[C@@H]2O[Si](C)(C)C(C)(C)C)cc1)C(=O)N[C@H]1[C@@H](O[Si](C)(C)C(C)(C)C)[C@@H]2OCO[C@@H]2[C@H](O[Si](C)(C)C(C)(C)C)[C@H]1O[Si](C)(C)C(C)(C)C.O. The van der Waals surface area contributed by atoms with Crippen molar-refractivity contribution >= 4 is 53.3 Å². The smallest absolute Gasteiger partial charge is 0.247 e. The quantitative estimate of drug-likeness (QED) is 0.0928. The lowest BCUT2D eigenvalue weighted by atomic mass is 9.83. The molecule has 0 bridgehead atoms. The highest BCUT2D eigenvalue weighted by atomic mass is 28.4. The van der Waals surface area contributed by atoms with Gasteiger partial charge in [0, 0.05) is 11.1 Å². The zero-order valence-electron chi connectivity index (χ0n) is 50.3. The van der Waals surface area contributed by atoms with Crippen molar-refractivity contribution in [3.63, 3.8) is 0 Å². The number of fused-ring (bicyclic) bond motifs is 1. The molecule has 12 nitrogen and oxygen atoms in total. The number of hydrogen-bond donors (Lipinski definition) is 2.